The first-order valence-corrected chi connectivity index (χ1v) is 10.00. The van der Waals surface area contributed by atoms with Gasteiger partial charge in [-0.05, 0) is 37.1 Å². The summed E-state index contributed by atoms with van der Waals surface area (Å²) in [5, 5.41) is 2.83. The van der Waals surface area contributed by atoms with Gasteiger partial charge in [-0.15, -0.1) is 0 Å². The molecule has 29 heavy (non-hydrogen) atoms. The second kappa shape index (κ2) is 12.6. The molecular weight excluding hydrogens is 368 g/mol. The number of para-hydroxylation sites is 3. The zero-order valence-electron chi connectivity index (χ0n) is 17.0. The standard InChI is InChI=1S/C23H30N2O4/c1-28-16-17-29-22-14-9-6-10-18(22)21(26)13-4-2-3-5-15-23(27)25-20-12-8-7-11-19(20)24/h6-12,14H,2-5,13,15-17,24H2,1H3,(H,25,27). The number of hydrogen-bond donors (Lipinski definition) is 2. The van der Waals surface area contributed by atoms with E-state index in [-0.39, 0.29) is 11.7 Å². The summed E-state index contributed by atoms with van der Waals surface area (Å²) in [6, 6.07) is 14.5. The lowest BCUT2D eigenvalue weighted by Crippen LogP contribution is -2.12. The number of carbonyl (C=O) groups is 2. The van der Waals surface area contributed by atoms with Crippen LogP contribution >= 0.6 is 0 Å². The lowest BCUT2D eigenvalue weighted by Gasteiger charge is -2.10. The average Bonchev–Trinajstić information content (AvgIpc) is 2.72. The predicted octanol–water partition coefficient (Wildman–Crippen LogP) is 4.46. The molecule has 2 aromatic rings. The Bertz CT molecular complexity index is 792. The number of ketones is 1. The third-order valence-electron chi connectivity index (χ3n) is 4.53. The molecule has 1 amide bonds. The van der Waals surface area contributed by atoms with Crippen LogP contribution in [0.15, 0.2) is 48.5 Å². The lowest BCUT2D eigenvalue weighted by atomic mass is 10.0. The summed E-state index contributed by atoms with van der Waals surface area (Å²) < 4.78 is 10.6. The Balaban J connectivity index is 1.65. The maximum atomic E-state index is 12.5. The number of ether oxygens (including phenoxy) is 2. The van der Waals surface area contributed by atoms with Crippen LogP contribution < -0.4 is 15.8 Å². The molecule has 2 aromatic carbocycles. The van der Waals surface area contributed by atoms with Gasteiger partial charge in [-0.25, -0.2) is 0 Å². The molecule has 3 N–H and O–H groups in total. The fourth-order valence-electron chi connectivity index (χ4n) is 2.94. The predicted molar refractivity (Wildman–Crippen MR) is 115 cm³/mol. The molecule has 2 rings (SSSR count). The number of carbonyl (C=O) groups excluding carboxylic acids is 2. The first-order valence-electron chi connectivity index (χ1n) is 10.00. The van der Waals surface area contributed by atoms with Gasteiger partial charge in [-0.3, -0.25) is 9.59 Å². The molecule has 0 atom stereocenters. The van der Waals surface area contributed by atoms with E-state index in [2.05, 4.69) is 5.32 Å². The van der Waals surface area contributed by atoms with Crippen molar-refractivity contribution in [3.63, 3.8) is 0 Å². The summed E-state index contributed by atoms with van der Waals surface area (Å²) in [6.07, 6.45) is 4.29. The minimum absolute atomic E-state index is 0.0406. The largest absolute Gasteiger partial charge is 0.490 e. The van der Waals surface area contributed by atoms with E-state index in [4.69, 9.17) is 15.2 Å². The van der Waals surface area contributed by atoms with Crippen LogP contribution in [0.1, 0.15) is 48.9 Å². The van der Waals surface area contributed by atoms with Gasteiger partial charge < -0.3 is 20.5 Å². The maximum Gasteiger partial charge on any atom is 0.224 e. The minimum Gasteiger partial charge on any atom is -0.490 e. The molecule has 0 aromatic heterocycles. The number of unbranched alkanes of at least 4 members (excludes halogenated alkanes) is 3. The van der Waals surface area contributed by atoms with Crippen molar-refractivity contribution in [2.45, 2.75) is 38.5 Å². The third-order valence-corrected chi connectivity index (χ3v) is 4.53. The number of nitrogen functional groups attached to an aromatic ring is 1. The van der Waals surface area contributed by atoms with Crippen molar-refractivity contribution in [3.8, 4) is 5.75 Å². The molecule has 0 aliphatic rings. The Morgan fingerprint density at radius 2 is 1.59 bits per heavy atom. The van der Waals surface area contributed by atoms with Crippen LogP contribution in [0.4, 0.5) is 11.4 Å². The molecule has 0 radical (unpaired) electrons. The van der Waals surface area contributed by atoms with E-state index >= 15 is 0 Å². The first-order chi connectivity index (χ1) is 14.1. The van der Waals surface area contributed by atoms with Gasteiger partial charge in [-0.2, -0.15) is 0 Å². The molecule has 6 nitrogen and oxygen atoms in total. The van der Waals surface area contributed by atoms with Crippen molar-refractivity contribution in [2.24, 2.45) is 0 Å². The van der Waals surface area contributed by atoms with Crippen molar-refractivity contribution < 1.29 is 19.1 Å². The van der Waals surface area contributed by atoms with E-state index < -0.39 is 0 Å². The Morgan fingerprint density at radius 1 is 0.897 bits per heavy atom. The minimum atomic E-state index is -0.0406. The Labute approximate surface area is 172 Å². The monoisotopic (exact) mass is 398 g/mol. The highest BCUT2D eigenvalue weighted by Crippen LogP contribution is 2.21. The first kappa shape index (κ1) is 22.4. The quantitative estimate of drug-likeness (QED) is 0.295. The van der Waals surface area contributed by atoms with Gasteiger partial charge in [-0.1, -0.05) is 37.1 Å². The molecule has 0 saturated heterocycles. The fourth-order valence-corrected chi connectivity index (χ4v) is 2.94. The smallest absolute Gasteiger partial charge is 0.224 e. The van der Waals surface area contributed by atoms with Crippen molar-refractivity contribution in [3.05, 3.63) is 54.1 Å². The Morgan fingerprint density at radius 3 is 2.34 bits per heavy atom. The van der Waals surface area contributed by atoms with E-state index in [1.54, 1.807) is 31.4 Å². The number of rotatable bonds is 13. The van der Waals surface area contributed by atoms with Crippen LogP contribution in [-0.2, 0) is 9.53 Å². The van der Waals surface area contributed by atoms with Crippen LogP contribution in [0, 0.1) is 0 Å². The van der Waals surface area contributed by atoms with Crippen LogP contribution in [0.5, 0.6) is 5.75 Å². The molecule has 0 bridgehead atoms. The van der Waals surface area contributed by atoms with Crippen molar-refractivity contribution in [1.29, 1.82) is 0 Å². The highest BCUT2D eigenvalue weighted by molar-refractivity contribution is 5.98. The molecule has 6 heteroatoms. The normalized spacial score (nSPS) is 10.5. The summed E-state index contributed by atoms with van der Waals surface area (Å²) in [4.78, 5) is 24.5. The number of amides is 1. The number of Topliss-reactive ketones (excluding diaryl/α,β-unsaturated/α-hetero) is 1. The van der Waals surface area contributed by atoms with Crippen molar-refractivity contribution in [1.82, 2.24) is 0 Å². The third kappa shape index (κ3) is 7.95. The molecule has 0 heterocycles. The molecule has 0 fully saturated rings. The summed E-state index contributed by atoms with van der Waals surface area (Å²) in [5.74, 6) is 0.642. The molecule has 156 valence electrons. The van der Waals surface area contributed by atoms with Crippen LogP contribution in [0.3, 0.4) is 0 Å². The van der Waals surface area contributed by atoms with E-state index in [1.165, 1.54) is 0 Å². The molecule has 0 unspecified atom stereocenters. The Kier molecular flexibility index (Phi) is 9.72. The average molecular weight is 399 g/mol. The van der Waals surface area contributed by atoms with Gasteiger partial charge in [0, 0.05) is 20.0 Å². The number of benzene rings is 2. The summed E-state index contributed by atoms with van der Waals surface area (Å²) in [5.41, 5.74) is 7.65. The van der Waals surface area contributed by atoms with Gasteiger partial charge in [0.25, 0.3) is 0 Å². The van der Waals surface area contributed by atoms with E-state index in [9.17, 15) is 9.59 Å². The van der Waals surface area contributed by atoms with E-state index in [1.807, 2.05) is 24.3 Å². The zero-order valence-corrected chi connectivity index (χ0v) is 17.0. The van der Waals surface area contributed by atoms with Gasteiger partial charge in [0.1, 0.15) is 12.4 Å². The molecule has 0 saturated carbocycles. The van der Waals surface area contributed by atoms with Gasteiger partial charge in [0.15, 0.2) is 5.78 Å². The zero-order chi connectivity index (χ0) is 20.9. The second-order valence-corrected chi connectivity index (χ2v) is 6.81. The highest BCUT2D eigenvalue weighted by Gasteiger charge is 2.12. The highest BCUT2D eigenvalue weighted by atomic mass is 16.5. The summed E-state index contributed by atoms with van der Waals surface area (Å²) in [6.45, 7) is 0.893. The summed E-state index contributed by atoms with van der Waals surface area (Å²) in [7, 11) is 1.61. The number of nitrogens with two attached hydrogens (primary N) is 1. The van der Waals surface area contributed by atoms with Gasteiger partial charge in [0.05, 0.1) is 23.5 Å². The lowest BCUT2D eigenvalue weighted by molar-refractivity contribution is -0.116. The molecule has 0 aliphatic carbocycles. The fraction of sp³-hybridized carbons (Fsp3) is 0.391. The van der Waals surface area contributed by atoms with E-state index in [0.717, 1.165) is 25.7 Å². The van der Waals surface area contributed by atoms with Crippen molar-refractivity contribution in [2.75, 3.05) is 31.4 Å². The maximum absolute atomic E-state index is 12.5. The molecule has 0 aliphatic heterocycles. The van der Waals surface area contributed by atoms with Crippen LogP contribution in [0.25, 0.3) is 0 Å². The second-order valence-electron chi connectivity index (χ2n) is 6.81. The molecular formula is C23H30N2O4. The van der Waals surface area contributed by atoms with Gasteiger partial charge >= 0.3 is 0 Å². The number of hydrogen-bond acceptors (Lipinski definition) is 5. The van der Waals surface area contributed by atoms with Gasteiger partial charge in [0.2, 0.25) is 5.91 Å². The number of anilines is 2. The van der Waals surface area contributed by atoms with Crippen molar-refractivity contribution >= 4 is 23.1 Å². The number of methoxy groups -OCH3 is 1. The van der Waals surface area contributed by atoms with Crippen LogP contribution in [0.2, 0.25) is 0 Å². The topological polar surface area (TPSA) is 90.6 Å². The SMILES string of the molecule is COCCOc1ccccc1C(=O)CCCCCCC(=O)Nc1ccccc1N. The van der Waals surface area contributed by atoms with Crippen LogP contribution in [-0.4, -0.2) is 32.0 Å². The molecule has 0 spiro atoms. The van der Waals surface area contributed by atoms with E-state index in [0.29, 0.717) is 48.7 Å². The number of nitrogens with one attached hydrogen (secondary N) is 1. The summed E-state index contributed by atoms with van der Waals surface area (Å²) >= 11 is 0. The Hall–Kier alpha value is -2.86.